The number of aryl methyl sites for hydroxylation is 2. The molecule has 2 rings (SSSR count). The van der Waals surface area contributed by atoms with Crippen molar-refractivity contribution in [3.8, 4) is 0 Å². The Morgan fingerprint density at radius 1 is 0.906 bits per heavy atom. The van der Waals surface area contributed by atoms with Crippen molar-refractivity contribution in [1.29, 1.82) is 0 Å². The second kappa shape index (κ2) is 12.5. The van der Waals surface area contributed by atoms with Crippen LogP contribution in [0.5, 0.6) is 0 Å². The lowest BCUT2D eigenvalue weighted by molar-refractivity contribution is -0.118. The lowest BCUT2D eigenvalue weighted by Crippen LogP contribution is -2.38. The minimum Gasteiger partial charge on any atom is -0.382 e. The van der Waals surface area contributed by atoms with E-state index >= 15 is 0 Å². The summed E-state index contributed by atoms with van der Waals surface area (Å²) in [6.45, 7) is 0.466. The summed E-state index contributed by atoms with van der Waals surface area (Å²) < 4.78 is 0. The molecule has 0 spiro atoms. The fourth-order valence-electron chi connectivity index (χ4n) is 2.97. The van der Waals surface area contributed by atoms with Gasteiger partial charge in [-0.3, -0.25) is 19.9 Å². The molecule has 0 unspecified atom stereocenters. The number of nitrogens with one attached hydrogen (secondary N) is 1. The van der Waals surface area contributed by atoms with Crippen LogP contribution in [0.1, 0.15) is 53.7 Å². The first-order valence-electron chi connectivity index (χ1n) is 10.3. The molecular formula is C21H29ClN8O2. The summed E-state index contributed by atoms with van der Waals surface area (Å²) in [5, 5.41) is 2.29. The highest BCUT2D eigenvalue weighted by Crippen LogP contribution is 2.17. The molecule has 1 heterocycles. The normalized spacial score (nSPS) is 11.3. The Labute approximate surface area is 191 Å². The van der Waals surface area contributed by atoms with Gasteiger partial charge in [-0.1, -0.05) is 35.9 Å². The van der Waals surface area contributed by atoms with E-state index in [4.69, 9.17) is 34.5 Å². The van der Waals surface area contributed by atoms with Crippen molar-refractivity contribution < 1.29 is 9.59 Å². The number of guanidine groups is 1. The monoisotopic (exact) mass is 460 g/mol. The van der Waals surface area contributed by atoms with Crippen LogP contribution in [-0.2, 0) is 17.6 Å². The molecule has 0 saturated carbocycles. The summed E-state index contributed by atoms with van der Waals surface area (Å²) in [6, 6.07) is 8.46. The van der Waals surface area contributed by atoms with Gasteiger partial charge in [0.05, 0.1) is 0 Å². The minimum atomic E-state index is -0.659. The predicted octanol–water partition coefficient (Wildman–Crippen LogP) is 1.56. The molecule has 0 aliphatic heterocycles. The third-order valence-electron chi connectivity index (χ3n) is 4.68. The Bertz CT molecular complexity index is 963. The third-order valence-corrected chi connectivity index (χ3v) is 4.96. The summed E-state index contributed by atoms with van der Waals surface area (Å²) in [5.74, 6) is -1.15. The highest BCUT2D eigenvalue weighted by molar-refractivity contribution is 6.31. The van der Waals surface area contributed by atoms with Gasteiger partial charge in [-0.2, -0.15) is 0 Å². The Hall–Kier alpha value is -3.40. The largest absolute Gasteiger partial charge is 0.382 e. The average Bonchev–Trinajstić information content (AvgIpc) is 2.74. The lowest BCUT2D eigenvalue weighted by Gasteiger charge is -2.07. The number of benzene rings is 1. The number of aromatic nitrogens is 2. The maximum Gasteiger partial charge on any atom is 0.280 e. The van der Waals surface area contributed by atoms with Gasteiger partial charge < -0.3 is 22.9 Å². The number of carbonyl (C=O) groups excluding carboxylic acids is 2. The van der Waals surface area contributed by atoms with Gasteiger partial charge in [-0.05, 0) is 49.7 Å². The van der Waals surface area contributed by atoms with Crippen molar-refractivity contribution in [2.75, 3.05) is 18.0 Å². The number of nitrogens with zero attached hydrogens (tertiary/aromatic N) is 3. The van der Waals surface area contributed by atoms with Crippen molar-refractivity contribution >= 4 is 41.0 Å². The summed E-state index contributed by atoms with van der Waals surface area (Å²) in [4.78, 5) is 34.6. The quantitative estimate of drug-likeness (QED) is 0.191. The van der Waals surface area contributed by atoms with Crippen molar-refractivity contribution in [3.05, 3.63) is 46.2 Å². The number of aliphatic imine (C=N–C) groups is 1. The van der Waals surface area contributed by atoms with Gasteiger partial charge >= 0.3 is 0 Å². The molecule has 0 aliphatic rings. The van der Waals surface area contributed by atoms with Crippen LogP contribution in [0.25, 0.3) is 0 Å². The molecule has 2 amide bonds. The first-order chi connectivity index (χ1) is 15.3. The summed E-state index contributed by atoms with van der Waals surface area (Å²) >= 11 is 5.77. The van der Waals surface area contributed by atoms with Crippen LogP contribution in [0.3, 0.4) is 0 Å². The van der Waals surface area contributed by atoms with Crippen LogP contribution < -0.4 is 28.3 Å². The molecule has 0 saturated heterocycles. The molecule has 2 aromatic rings. The number of anilines is 2. The highest BCUT2D eigenvalue weighted by Gasteiger charge is 2.16. The van der Waals surface area contributed by atoms with Crippen LogP contribution in [0, 0.1) is 0 Å². The zero-order chi connectivity index (χ0) is 23.5. The maximum atomic E-state index is 12.2. The number of rotatable bonds is 11. The van der Waals surface area contributed by atoms with Crippen LogP contribution >= 0.6 is 11.6 Å². The second-order valence-corrected chi connectivity index (χ2v) is 7.66. The number of unbranched alkanes of at least 4 members (excludes halogenated alkanes) is 2. The van der Waals surface area contributed by atoms with Crippen LogP contribution in [0.4, 0.5) is 11.6 Å². The number of nitrogens with two attached hydrogens (primary N) is 4. The molecule has 0 bridgehead atoms. The van der Waals surface area contributed by atoms with Gasteiger partial charge in [-0.15, -0.1) is 0 Å². The van der Waals surface area contributed by atoms with E-state index in [1.807, 2.05) is 0 Å². The summed E-state index contributed by atoms with van der Waals surface area (Å²) in [6.07, 6.45) is 5.79. The Morgan fingerprint density at radius 2 is 1.50 bits per heavy atom. The van der Waals surface area contributed by atoms with Gasteiger partial charge in [0.25, 0.3) is 5.91 Å². The number of halogens is 1. The molecule has 11 heteroatoms. The zero-order valence-corrected chi connectivity index (χ0v) is 18.6. The van der Waals surface area contributed by atoms with Crippen molar-refractivity contribution in [2.45, 2.75) is 44.9 Å². The Balaban J connectivity index is 1.69. The molecule has 172 valence electrons. The predicted molar refractivity (Wildman–Crippen MR) is 126 cm³/mol. The Morgan fingerprint density at radius 3 is 2.09 bits per heavy atom. The maximum absolute atomic E-state index is 12.2. The van der Waals surface area contributed by atoms with E-state index in [0.29, 0.717) is 13.0 Å². The molecular weight excluding hydrogens is 432 g/mol. The second-order valence-electron chi connectivity index (χ2n) is 7.30. The lowest BCUT2D eigenvalue weighted by atomic mass is 10.0. The van der Waals surface area contributed by atoms with E-state index in [-0.39, 0.29) is 34.3 Å². The minimum absolute atomic E-state index is 0.0372. The van der Waals surface area contributed by atoms with Gasteiger partial charge in [0, 0.05) is 13.0 Å². The highest BCUT2D eigenvalue weighted by atomic mass is 35.5. The zero-order valence-electron chi connectivity index (χ0n) is 17.8. The molecule has 0 fully saturated rings. The van der Waals surface area contributed by atoms with Gasteiger partial charge in [0.1, 0.15) is 0 Å². The molecule has 1 aromatic heterocycles. The van der Waals surface area contributed by atoms with Crippen LogP contribution in [-0.4, -0.2) is 34.3 Å². The smallest absolute Gasteiger partial charge is 0.280 e. The first kappa shape index (κ1) is 24.9. The van der Waals surface area contributed by atoms with Crippen LogP contribution in [0.2, 0.25) is 5.15 Å². The van der Waals surface area contributed by atoms with E-state index in [1.54, 1.807) is 0 Å². The average molecular weight is 461 g/mol. The molecule has 32 heavy (non-hydrogen) atoms. The number of amides is 2. The molecule has 9 N–H and O–H groups in total. The summed E-state index contributed by atoms with van der Waals surface area (Å²) in [7, 11) is 0. The van der Waals surface area contributed by atoms with Crippen molar-refractivity contribution in [1.82, 2.24) is 15.3 Å². The number of hydrogen-bond donors (Lipinski definition) is 5. The summed E-state index contributed by atoms with van der Waals surface area (Å²) in [5.41, 5.74) is 24.4. The molecule has 0 atom stereocenters. The van der Waals surface area contributed by atoms with Gasteiger partial charge in [0.15, 0.2) is 28.4 Å². The number of hydrogen-bond acceptors (Lipinski definition) is 7. The number of primary amides is 1. The fourth-order valence-corrected chi connectivity index (χ4v) is 3.09. The van der Waals surface area contributed by atoms with Crippen LogP contribution in [0.15, 0.2) is 29.3 Å². The molecule has 0 aliphatic carbocycles. The van der Waals surface area contributed by atoms with Gasteiger partial charge in [0.2, 0.25) is 5.91 Å². The topological polar surface area (TPSA) is 188 Å². The SMILES string of the molecule is NC(=O)CCCCc1ccc(CCCCN=C(N)NC(=O)c2nc(Cl)c(N)nc2N)cc1. The molecule has 10 nitrogen and oxygen atoms in total. The fraction of sp³-hybridized carbons (Fsp3) is 0.381. The molecule has 0 radical (unpaired) electrons. The number of nitrogen functional groups attached to an aromatic ring is 2. The van der Waals surface area contributed by atoms with Crippen molar-refractivity contribution in [3.63, 3.8) is 0 Å². The van der Waals surface area contributed by atoms with E-state index in [0.717, 1.165) is 38.5 Å². The standard InChI is InChI=1S/C21H29ClN8O2/c22-17-19(25)29-18(24)16(28-17)20(32)30-21(26)27-12-4-3-6-14-10-8-13(9-11-14)5-1-2-7-15(23)31/h8-11H,1-7,12H2,(H2,23,31)(H4,24,25,29)(H3,26,27,30,32). The third kappa shape index (κ3) is 8.38. The van der Waals surface area contributed by atoms with E-state index < -0.39 is 5.91 Å². The molecule has 1 aromatic carbocycles. The van der Waals surface area contributed by atoms with Gasteiger partial charge in [-0.25, -0.2) is 9.97 Å². The van der Waals surface area contributed by atoms with E-state index in [1.165, 1.54) is 11.1 Å². The Kier molecular flexibility index (Phi) is 9.68. The van der Waals surface area contributed by atoms with E-state index in [9.17, 15) is 9.59 Å². The van der Waals surface area contributed by atoms with E-state index in [2.05, 4.69) is 44.5 Å². The first-order valence-corrected chi connectivity index (χ1v) is 10.7. The van der Waals surface area contributed by atoms with Crippen molar-refractivity contribution in [2.24, 2.45) is 16.5 Å². The number of carbonyl (C=O) groups is 2.